The maximum atomic E-state index is 11.3. The minimum absolute atomic E-state index is 0.122. The molecule has 0 heterocycles. The molecule has 0 bridgehead atoms. The van der Waals surface area contributed by atoms with Gasteiger partial charge >= 0.3 is 12.0 Å². The van der Waals surface area contributed by atoms with Crippen molar-refractivity contribution >= 4 is 23.8 Å². The lowest BCUT2D eigenvalue weighted by Crippen LogP contribution is -2.41. The van der Waals surface area contributed by atoms with Crippen molar-refractivity contribution in [3.63, 3.8) is 0 Å². The van der Waals surface area contributed by atoms with E-state index in [1.807, 2.05) is 6.26 Å². The van der Waals surface area contributed by atoms with Gasteiger partial charge in [-0.1, -0.05) is 0 Å². The summed E-state index contributed by atoms with van der Waals surface area (Å²) in [7, 11) is 1.42. The predicted octanol–water partition coefficient (Wildman–Crippen LogP) is 0.528. The van der Waals surface area contributed by atoms with Crippen LogP contribution in [0.25, 0.3) is 0 Å². The molecule has 0 aliphatic rings. The van der Waals surface area contributed by atoms with Crippen molar-refractivity contribution in [2.75, 3.05) is 32.2 Å². The number of hydrogen-bond acceptors (Lipinski definition) is 4. The second-order valence-corrected chi connectivity index (χ2v) is 4.42. The number of ether oxygens (including phenoxy) is 1. The smallest absolute Gasteiger partial charge is 0.314 e. The lowest BCUT2D eigenvalue weighted by atomic mass is 10.2. The summed E-state index contributed by atoms with van der Waals surface area (Å²) in [6, 6.07) is -0.293. The monoisotopic (exact) mass is 264 g/mol. The summed E-state index contributed by atoms with van der Waals surface area (Å²) in [5.41, 5.74) is 0. The number of methoxy groups -OCH3 is 1. The molecule has 7 heteroatoms. The Kier molecular flexibility index (Phi) is 9.65. The Morgan fingerprint density at radius 3 is 2.65 bits per heavy atom. The van der Waals surface area contributed by atoms with Crippen LogP contribution in [-0.4, -0.2) is 55.4 Å². The van der Waals surface area contributed by atoms with Gasteiger partial charge in [-0.2, -0.15) is 11.8 Å². The molecule has 6 nitrogen and oxygen atoms in total. The first-order valence-corrected chi connectivity index (χ1v) is 6.74. The number of carbonyl (C=O) groups excluding carboxylic acids is 1. The number of amides is 2. The van der Waals surface area contributed by atoms with Crippen LogP contribution in [0.5, 0.6) is 0 Å². The van der Waals surface area contributed by atoms with E-state index in [0.29, 0.717) is 6.54 Å². The van der Waals surface area contributed by atoms with Crippen LogP contribution in [0.4, 0.5) is 4.79 Å². The van der Waals surface area contributed by atoms with Gasteiger partial charge < -0.3 is 20.5 Å². The van der Waals surface area contributed by atoms with E-state index in [2.05, 4.69) is 10.6 Å². The second-order valence-electron chi connectivity index (χ2n) is 3.44. The first kappa shape index (κ1) is 16.1. The lowest BCUT2D eigenvalue weighted by Gasteiger charge is -2.14. The molecule has 0 rings (SSSR count). The zero-order valence-electron chi connectivity index (χ0n) is 10.2. The molecule has 1 atom stereocenters. The molecule has 1 unspecified atom stereocenters. The summed E-state index contributed by atoms with van der Waals surface area (Å²) in [4.78, 5) is 21.7. The number of thioether (sulfide) groups is 1. The van der Waals surface area contributed by atoms with E-state index in [1.54, 1.807) is 11.8 Å². The van der Waals surface area contributed by atoms with Crippen LogP contribution < -0.4 is 10.6 Å². The van der Waals surface area contributed by atoms with E-state index in [1.165, 1.54) is 7.11 Å². The summed E-state index contributed by atoms with van der Waals surface area (Å²) in [5.74, 6) is 0.0546. The van der Waals surface area contributed by atoms with E-state index < -0.39 is 12.1 Å². The van der Waals surface area contributed by atoms with E-state index >= 15 is 0 Å². The third-order valence-electron chi connectivity index (χ3n) is 2.04. The Balaban J connectivity index is 3.62. The van der Waals surface area contributed by atoms with Crippen molar-refractivity contribution in [1.29, 1.82) is 0 Å². The molecule has 0 aromatic heterocycles. The predicted molar refractivity (Wildman–Crippen MR) is 67.5 cm³/mol. The Morgan fingerprint density at radius 1 is 1.41 bits per heavy atom. The van der Waals surface area contributed by atoms with Gasteiger partial charge in [-0.15, -0.1) is 0 Å². The number of aliphatic carboxylic acids is 1. The third-order valence-corrected chi connectivity index (χ3v) is 2.73. The largest absolute Gasteiger partial charge is 0.481 e. The van der Waals surface area contributed by atoms with E-state index in [0.717, 1.165) is 12.2 Å². The van der Waals surface area contributed by atoms with Crippen LogP contribution >= 0.6 is 11.8 Å². The zero-order valence-corrected chi connectivity index (χ0v) is 11.0. The summed E-state index contributed by atoms with van der Waals surface area (Å²) in [6.07, 6.45) is 2.31. The Hall–Kier alpha value is -0.950. The highest BCUT2D eigenvalue weighted by Crippen LogP contribution is 1.95. The molecule has 0 spiro atoms. The van der Waals surface area contributed by atoms with Crippen LogP contribution in [0.15, 0.2) is 0 Å². The molecule has 0 aliphatic carbocycles. The molecule has 0 aromatic rings. The minimum Gasteiger partial charge on any atom is -0.481 e. The molecule has 17 heavy (non-hydrogen) atoms. The first-order valence-electron chi connectivity index (χ1n) is 5.35. The molecule has 0 fully saturated rings. The first-order chi connectivity index (χ1) is 8.10. The van der Waals surface area contributed by atoms with Gasteiger partial charge in [-0.05, 0) is 18.4 Å². The van der Waals surface area contributed by atoms with Gasteiger partial charge in [0.25, 0.3) is 0 Å². The number of carboxylic acids is 1. The number of carbonyl (C=O) groups is 2. The molecule has 0 aromatic carbocycles. The van der Waals surface area contributed by atoms with Crippen molar-refractivity contribution in [1.82, 2.24) is 10.6 Å². The standard InChI is InChI=1S/C10H20N2O4S/c1-16-8(6-9(13)14)7-12-10(15)11-4-3-5-17-2/h8H,3-7H2,1-2H3,(H,13,14)(H2,11,12,15). The Bertz CT molecular complexity index is 238. The molecule has 0 saturated heterocycles. The molecule has 100 valence electrons. The van der Waals surface area contributed by atoms with E-state index in [9.17, 15) is 9.59 Å². The lowest BCUT2D eigenvalue weighted by molar-refractivity contribution is -0.139. The zero-order chi connectivity index (χ0) is 13.1. The van der Waals surface area contributed by atoms with Gasteiger partial charge in [0.1, 0.15) is 0 Å². The number of carboxylic acid groups (broad SMARTS) is 1. The van der Waals surface area contributed by atoms with E-state index in [-0.39, 0.29) is 19.0 Å². The molecular formula is C10H20N2O4S. The quantitative estimate of drug-likeness (QED) is 0.529. The minimum atomic E-state index is -0.945. The maximum absolute atomic E-state index is 11.3. The summed E-state index contributed by atoms with van der Waals surface area (Å²) < 4.78 is 4.93. The second kappa shape index (κ2) is 10.2. The van der Waals surface area contributed by atoms with Crippen molar-refractivity contribution in [3.05, 3.63) is 0 Å². The number of nitrogens with one attached hydrogen (secondary N) is 2. The highest BCUT2D eigenvalue weighted by Gasteiger charge is 2.12. The number of urea groups is 1. The van der Waals surface area contributed by atoms with Crippen LogP contribution in [0.2, 0.25) is 0 Å². The van der Waals surface area contributed by atoms with Gasteiger partial charge in [0.15, 0.2) is 0 Å². The van der Waals surface area contributed by atoms with Crippen LogP contribution in [0, 0.1) is 0 Å². The van der Waals surface area contributed by atoms with Crippen LogP contribution in [-0.2, 0) is 9.53 Å². The van der Waals surface area contributed by atoms with Gasteiger partial charge in [0, 0.05) is 20.2 Å². The average Bonchev–Trinajstić information content (AvgIpc) is 2.29. The summed E-state index contributed by atoms with van der Waals surface area (Å²) in [6.45, 7) is 0.806. The van der Waals surface area contributed by atoms with Crippen molar-refractivity contribution < 1.29 is 19.4 Å². The SMILES string of the molecule is COC(CNC(=O)NCCCSC)CC(=O)O. The van der Waals surface area contributed by atoms with Gasteiger partial charge in [0.2, 0.25) is 0 Å². The molecule has 0 aliphatic heterocycles. The Morgan fingerprint density at radius 2 is 2.12 bits per heavy atom. The maximum Gasteiger partial charge on any atom is 0.314 e. The van der Waals surface area contributed by atoms with Gasteiger partial charge in [-0.25, -0.2) is 4.79 Å². The third kappa shape index (κ3) is 9.95. The van der Waals surface area contributed by atoms with Crippen molar-refractivity contribution in [3.8, 4) is 0 Å². The number of hydrogen-bond donors (Lipinski definition) is 3. The van der Waals surface area contributed by atoms with Gasteiger partial charge in [-0.3, -0.25) is 4.79 Å². The van der Waals surface area contributed by atoms with Gasteiger partial charge in [0.05, 0.1) is 12.5 Å². The Labute approximate surface area is 105 Å². The normalized spacial score (nSPS) is 11.9. The average molecular weight is 264 g/mol. The topological polar surface area (TPSA) is 87.7 Å². The summed E-state index contributed by atoms with van der Waals surface area (Å²) >= 11 is 1.73. The highest BCUT2D eigenvalue weighted by molar-refractivity contribution is 7.98. The fourth-order valence-corrected chi connectivity index (χ4v) is 1.55. The molecule has 0 radical (unpaired) electrons. The highest BCUT2D eigenvalue weighted by atomic mass is 32.2. The van der Waals surface area contributed by atoms with Crippen molar-refractivity contribution in [2.24, 2.45) is 0 Å². The molecule has 3 N–H and O–H groups in total. The summed E-state index contributed by atoms with van der Waals surface area (Å²) in [5, 5.41) is 13.8. The molecular weight excluding hydrogens is 244 g/mol. The fraction of sp³-hybridized carbons (Fsp3) is 0.800. The molecule has 0 saturated carbocycles. The fourth-order valence-electron chi connectivity index (χ4n) is 1.12. The number of rotatable bonds is 9. The van der Waals surface area contributed by atoms with Crippen molar-refractivity contribution in [2.45, 2.75) is 18.9 Å². The van der Waals surface area contributed by atoms with Crippen LogP contribution in [0.3, 0.4) is 0 Å². The van der Waals surface area contributed by atoms with E-state index in [4.69, 9.17) is 9.84 Å². The van der Waals surface area contributed by atoms with Crippen LogP contribution in [0.1, 0.15) is 12.8 Å². The molecule has 2 amide bonds.